The van der Waals surface area contributed by atoms with E-state index in [0.717, 1.165) is 22.6 Å². The van der Waals surface area contributed by atoms with Gasteiger partial charge in [0.15, 0.2) is 0 Å². The highest BCUT2D eigenvalue weighted by Gasteiger charge is 2.05. The summed E-state index contributed by atoms with van der Waals surface area (Å²) in [7, 11) is 1.83. The van der Waals surface area contributed by atoms with Gasteiger partial charge in [0, 0.05) is 25.0 Å². The zero-order valence-corrected chi connectivity index (χ0v) is 10.5. The second-order valence-electron chi connectivity index (χ2n) is 4.25. The van der Waals surface area contributed by atoms with Crippen molar-refractivity contribution in [3.8, 4) is 11.3 Å². The van der Waals surface area contributed by atoms with Crippen molar-refractivity contribution in [1.29, 1.82) is 0 Å². The van der Waals surface area contributed by atoms with Gasteiger partial charge in [-0.1, -0.05) is 24.3 Å². The Labute approximate surface area is 110 Å². The Morgan fingerprint density at radius 2 is 1.95 bits per heavy atom. The number of benzene rings is 1. The van der Waals surface area contributed by atoms with Crippen LogP contribution >= 0.6 is 0 Å². The highest BCUT2D eigenvalue weighted by molar-refractivity contribution is 5.62. The molecule has 0 fully saturated rings. The van der Waals surface area contributed by atoms with Crippen LogP contribution < -0.4 is 5.32 Å². The fourth-order valence-corrected chi connectivity index (χ4v) is 1.93. The zero-order valence-electron chi connectivity index (χ0n) is 10.5. The van der Waals surface area contributed by atoms with Gasteiger partial charge >= 0.3 is 0 Å². The van der Waals surface area contributed by atoms with Gasteiger partial charge in [-0.05, 0) is 11.6 Å². The first kappa shape index (κ1) is 11.7. The van der Waals surface area contributed by atoms with E-state index in [2.05, 4.69) is 15.3 Å². The van der Waals surface area contributed by atoms with Crippen molar-refractivity contribution in [3.63, 3.8) is 0 Å². The first-order chi connectivity index (χ1) is 9.30. The van der Waals surface area contributed by atoms with Crippen molar-refractivity contribution < 1.29 is 5.11 Å². The molecule has 0 bridgehead atoms. The van der Waals surface area contributed by atoms with Crippen LogP contribution in [0.15, 0.2) is 42.7 Å². The van der Waals surface area contributed by atoms with E-state index in [9.17, 15) is 0 Å². The molecule has 0 amide bonds. The van der Waals surface area contributed by atoms with Crippen molar-refractivity contribution in [2.24, 2.45) is 0 Å². The molecule has 0 saturated carbocycles. The number of aliphatic hydroxyl groups excluding tert-OH is 1. The lowest BCUT2D eigenvalue weighted by atomic mass is 10.1. The Morgan fingerprint density at radius 3 is 2.63 bits per heavy atom. The molecule has 3 aromatic rings. The lowest BCUT2D eigenvalue weighted by Gasteiger charge is -1.98. The van der Waals surface area contributed by atoms with Crippen molar-refractivity contribution in [1.82, 2.24) is 14.4 Å². The number of nitrogens with zero attached hydrogens (tertiary/aromatic N) is 3. The number of rotatable bonds is 3. The summed E-state index contributed by atoms with van der Waals surface area (Å²) < 4.78 is 1.89. The van der Waals surface area contributed by atoms with Crippen LogP contribution in [0.5, 0.6) is 0 Å². The third-order valence-corrected chi connectivity index (χ3v) is 3.01. The Bertz CT molecular complexity index is 703. The van der Waals surface area contributed by atoms with Gasteiger partial charge in [-0.15, -0.1) is 0 Å². The van der Waals surface area contributed by atoms with Crippen LogP contribution in [0.3, 0.4) is 0 Å². The number of anilines is 1. The van der Waals surface area contributed by atoms with Crippen LogP contribution in [0.25, 0.3) is 17.0 Å². The lowest BCUT2D eigenvalue weighted by Crippen LogP contribution is -1.94. The highest BCUT2D eigenvalue weighted by Crippen LogP contribution is 2.19. The standard InChI is InChI=1S/C14H14N4O/c1-15-13-6-7-18-8-12(16-14(18)17-13)11-4-2-10(9-19)3-5-11/h2-8,19H,9H2,1H3,(H,15,16,17). The molecule has 5 nitrogen and oxygen atoms in total. The molecule has 96 valence electrons. The third-order valence-electron chi connectivity index (χ3n) is 3.01. The van der Waals surface area contributed by atoms with Crippen LogP contribution in [-0.4, -0.2) is 26.5 Å². The predicted octanol–water partition coefficient (Wildman–Crippen LogP) is 1.93. The number of fused-ring (bicyclic) bond motifs is 1. The molecule has 0 saturated heterocycles. The minimum absolute atomic E-state index is 0.0541. The minimum Gasteiger partial charge on any atom is -0.392 e. The van der Waals surface area contributed by atoms with E-state index in [1.807, 2.05) is 54.2 Å². The summed E-state index contributed by atoms with van der Waals surface area (Å²) in [6.45, 7) is 0.0541. The summed E-state index contributed by atoms with van der Waals surface area (Å²) in [5.74, 6) is 1.45. The van der Waals surface area contributed by atoms with Gasteiger partial charge in [-0.25, -0.2) is 4.98 Å². The molecule has 0 aliphatic carbocycles. The number of aromatic nitrogens is 3. The molecular weight excluding hydrogens is 240 g/mol. The maximum Gasteiger partial charge on any atom is 0.236 e. The Hall–Kier alpha value is -2.40. The Balaban J connectivity index is 2.04. The molecule has 0 aliphatic heterocycles. The number of imidazole rings is 1. The maximum atomic E-state index is 9.03. The quantitative estimate of drug-likeness (QED) is 0.749. The fraction of sp³-hybridized carbons (Fsp3) is 0.143. The molecule has 5 heteroatoms. The SMILES string of the molecule is CNc1ccn2cc(-c3ccc(CO)cc3)nc2n1. The van der Waals surface area contributed by atoms with Crippen molar-refractivity contribution >= 4 is 11.6 Å². The normalized spacial score (nSPS) is 10.8. The molecule has 0 spiro atoms. The summed E-state index contributed by atoms with van der Waals surface area (Å²) in [5.41, 5.74) is 2.77. The largest absolute Gasteiger partial charge is 0.392 e. The van der Waals surface area contributed by atoms with Crippen LogP contribution in [-0.2, 0) is 6.61 Å². The maximum absolute atomic E-state index is 9.03. The third kappa shape index (κ3) is 2.15. The summed E-state index contributed by atoms with van der Waals surface area (Å²) >= 11 is 0. The molecule has 0 atom stereocenters. The zero-order chi connectivity index (χ0) is 13.2. The number of hydrogen-bond acceptors (Lipinski definition) is 4. The number of nitrogens with one attached hydrogen (secondary N) is 1. The summed E-state index contributed by atoms with van der Waals surface area (Å²) in [6, 6.07) is 9.59. The molecule has 0 unspecified atom stereocenters. The molecule has 2 aromatic heterocycles. The fourth-order valence-electron chi connectivity index (χ4n) is 1.93. The Kier molecular flexibility index (Phi) is 2.89. The monoisotopic (exact) mass is 254 g/mol. The first-order valence-electron chi connectivity index (χ1n) is 6.04. The van der Waals surface area contributed by atoms with Gasteiger partial charge in [0.25, 0.3) is 0 Å². The van der Waals surface area contributed by atoms with Crippen LogP contribution in [0.4, 0.5) is 5.82 Å². The van der Waals surface area contributed by atoms with Gasteiger partial charge in [-0.2, -0.15) is 4.98 Å². The van der Waals surface area contributed by atoms with E-state index >= 15 is 0 Å². The van der Waals surface area contributed by atoms with Crippen LogP contribution in [0, 0.1) is 0 Å². The summed E-state index contributed by atoms with van der Waals surface area (Å²) in [5, 5.41) is 12.0. The van der Waals surface area contributed by atoms with Gasteiger partial charge in [0.2, 0.25) is 5.78 Å². The van der Waals surface area contributed by atoms with Crippen molar-refractivity contribution in [2.45, 2.75) is 6.61 Å². The highest BCUT2D eigenvalue weighted by atomic mass is 16.3. The molecular formula is C14H14N4O. The van der Waals surface area contributed by atoms with Crippen molar-refractivity contribution in [3.05, 3.63) is 48.3 Å². The molecule has 2 N–H and O–H groups in total. The Morgan fingerprint density at radius 1 is 1.16 bits per heavy atom. The second-order valence-corrected chi connectivity index (χ2v) is 4.25. The smallest absolute Gasteiger partial charge is 0.236 e. The van der Waals surface area contributed by atoms with E-state index in [0.29, 0.717) is 5.78 Å². The van der Waals surface area contributed by atoms with Crippen LogP contribution in [0.2, 0.25) is 0 Å². The molecule has 3 rings (SSSR count). The lowest BCUT2D eigenvalue weighted by molar-refractivity contribution is 0.282. The second kappa shape index (κ2) is 4.70. The molecule has 2 heterocycles. The van der Waals surface area contributed by atoms with E-state index in [4.69, 9.17) is 5.11 Å². The van der Waals surface area contributed by atoms with Gasteiger partial charge in [0.05, 0.1) is 12.3 Å². The van der Waals surface area contributed by atoms with E-state index in [-0.39, 0.29) is 6.61 Å². The molecule has 19 heavy (non-hydrogen) atoms. The van der Waals surface area contributed by atoms with Gasteiger partial charge < -0.3 is 10.4 Å². The number of aliphatic hydroxyl groups is 1. The molecule has 0 aliphatic rings. The van der Waals surface area contributed by atoms with E-state index < -0.39 is 0 Å². The van der Waals surface area contributed by atoms with E-state index in [1.165, 1.54) is 0 Å². The predicted molar refractivity (Wildman–Crippen MR) is 73.9 cm³/mol. The average Bonchev–Trinajstić information content (AvgIpc) is 2.90. The topological polar surface area (TPSA) is 62.5 Å². The van der Waals surface area contributed by atoms with Gasteiger partial charge in [-0.3, -0.25) is 4.40 Å². The summed E-state index contributed by atoms with van der Waals surface area (Å²) in [6.07, 6.45) is 3.86. The van der Waals surface area contributed by atoms with E-state index in [1.54, 1.807) is 0 Å². The van der Waals surface area contributed by atoms with Crippen molar-refractivity contribution in [2.75, 3.05) is 12.4 Å². The van der Waals surface area contributed by atoms with Gasteiger partial charge in [0.1, 0.15) is 5.82 Å². The average molecular weight is 254 g/mol. The minimum atomic E-state index is 0.0541. The summed E-state index contributed by atoms with van der Waals surface area (Å²) in [4.78, 5) is 8.87. The molecule has 1 aromatic carbocycles. The molecule has 0 radical (unpaired) electrons. The number of hydrogen-bond donors (Lipinski definition) is 2. The first-order valence-corrected chi connectivity index (χ1v) is 6.04. The van der Waals surface area contributed by atoms with Crippen LogP contribution in [0.1, 0.15) is 5.56 Å².